The molecule has 0 aliphatic carbocycles. The largest absolute Gasteiger partial charge is 0.494 e. The summed E-state index contributed by atoms with van der Waals surface area (Å²) in [4.78, 5) is 4.00. The van der Waals surface area contributed by atoms with Crippen LogP contribution in [0.5, 0.6) is 5.75 Å². The van der Waals surface area contributed by atoms with E-state index in [1.54, 1.807) is 12.3 Å². The highest BCUT2D eigenvalue weighted by Crippen LogP contribution is 2.36. The van der Waals surface area contributed by atoms with Crippen LogP contribution in [0, 0.1) is 11.3 Å². The van der Waals surface area contributed by atoms with E-state index in [9.17, 15) is 0 Å². The van der Waals surface area contributed by atoms with Crippen molar-refractivity contribution in [2.45, 2.75) is 45.5 Å². The zero-order valence-electron chi connectivity index (χ0n) is 15.2. The normalized spacial score (nSPS) is 17.8. The van der Waals surface area contributed by atoms with Gasteiger partial charge in [-0.15, -0.1) is 0 Å². The number of hydrogen-bond acceptors (Lipinski definition) is 5. The molecule has 0 saturated carbocycles. The third-order valence-corrected chi connectivity index (χ3v) is 5.10. The van der Waals surface area contributed by atoms with Crippen molar-refractivity contribution in [2.24, 2.45) is 0 Å². The summed E-state index contributed by atoms with van der Waals surface area (Å²) in [5.41, 5.74) is 1.22. The second kappa shape index (κ2) is 6.92. The van der Waals surface area contributed by atoms with Crippen LogP contribution < -0.4 is 10.2 Å². The highest BCUT2D eigenvalue weighted by Gasteiger charge is 2.51. The van der Waals surface area contributed by atoms with Gasteiger partial charge in [-0.25, -0.2) is 4.98 Å². The smallest absolute Gasteiger partial charge is 0.489 e. The van der Waals surface area contributed by atoms with Crippen molar-refractivity contribution in [1.29, 1.82) is 5.26 Å². The molecule has 1 aromatic heterocycles. The van der Waals surface area contributed by atoms with Crippen LogP contribution in [-0.2, 0) is 15.9 Å². The molecule has 1 aliphatic rings. The predicted octanol–water partition coefficient (Wildman–Crippen LogP) is 3.48. The average Bonchev–Trinajstić information content (AvgIpc) is 2.81. The van der Waals surface area contributed by atoms with Gasteiger partial charge >= 0.3 is 7.12 Å². The first kappa shape index (κ1) is 18.7. The monoisotopic (exact) mass is 370 g/mol. The minimum Gasteiger partial charge on any atom is -0.489 e. The van der Waals surface area contributed by atoms with Crippen molar-refractivity contribution >= 4 is 24.2 Å². The summed E-state index contributed by atoms with van der Waals surface area (Å²) in [6, 6.07) is 11.2. The lowest BCUT2D eigenvalue weighted by atomic mass is 9.79. The summed E-state index contributed by atoms with van der Waals surface area (Å²) in [6.07, 6.45) is 1.59. The van der Waals surface area contributed by atoms with Gasteiger partial charge in [-0.1, -0.05) is 23.7 Å². The van der Waals surface area contributed by atoms with Crippen LogP contribution in [-0.4, -0.2) is 23.3 Å². The van der Waals surface area contributed by atoms with Crippen molar-refractivity contribution < 1.29 is 14.0 Å². The van der Waals surface area contributed by atoms with Gasteiger partial charge in [0.1, 0.15) is 18.4 Å². The number of pyridine rings is 1. The second-order valence-electron chi connectivity index (χ2n) is 7.23. The molecule has 0 amide bonds. The van der Waals surface area contributed by atoms with Gasteiger partial charge in [0.15, 0.2) is 5.69 Å². The molecule has 0 unspecified atom stereocenters. The number of nitriles is 1. The van der Waals surface area contributed by atoms with E-state index in [0.717, 1.165) is 11.0 Å². The molecule has 0 spiro atoms. The van der Waals surface area contributed by atoms with Crippen LogP contribution in [0.2, 0.25) is 5.02 Å². The van der Waals surface area contributed by atoms with Crippen LogP contribution >= 0.6 is 11.6 Å². The Labute approximate surface area is 159 Å². The highest BCUT2D eigenvalue weighted by molar-refractivity contribution is 6.62. The van der Waals surface area contributed by atoms with Crippen molar-refractivity contribution in [1.82, 2.24) is 4.98 Å². The van der Waals surface area contributed by atoms with Crippen molar-refractivity contribution in [3.05, 3.63) is 52.8 Å². The first-order valence-corrected chi connectivity index (χ1v) is 8.72. The maximum Gasteiger partial charge on any atom is 0.494 e. The minimum atomic E-state index is -0.393. The van der Waals surface area contributed by atoms with Crippen molar-refractivity contribution in [2.75, 3.05) is 0 Å². The van der Waals surface area contributed by atoms with Gasteiger partial charge in [-0.3, -0.25) is 0 Å². The highest BCUT2D eigenvalue weighted by atomic mass is 35.5. The molecule has 1 aromatic carbocycles. The Kier molecular flexibility index (Phi) is 4.98. The fraction of sp³-hybridized carbons (Fsp3) is 0.368. The predicted molar refractivity (Wildman–Crippen MR) is 100 cm³/mol. The van der Waals surface area contributed by atoms with Gasteiger partial charge in [0.25, 0.3) is 0 Å². The first-order chi connectivity index (χ1) is 12.2. The minimum absolute atomic E-state index is 0.210. The molecule has 0 bridgehead atoms. The van der Waals surface area contributed by atoms with E-state index in [1.165, 1.54) is 0 Å². The number of halogens is 1. The van der Waals surface area contributed by atoms with Gasteiger partial charge < -0.3 is 14.0 Å². The zero-order valence-corrected chi connectivity index (χ0v) is 16.0. The maximum absolute atomic E-state index is 8.85. The fourth-order valence-electron chi connectivity index (χ4n) is 2.51. The Balaban J connectivity index is 1.64. The molecule has 0 radical (unpaired) electrons. The van der Waals surface area contributed by atoms with E-state index < -0.39 is 7.12 Å². The van der Waals surface area contributed by atoms with E-state index in [1.807, 2.05) is 58.0 Å². The second-order valence-corrected chi connectivity index (χ2v) is 7.64. The SMILES string of the molecule is CC1(C)OB(c2ccc(OCc3cnc(C#N)c(Cl)c3)cc2)OC1(C)C. The summed E-state index contributed by atoms with van der Waals surface area (Å²) in [5.74, 6) is 0.714. The molecule has 1 saturated heterocycles. The van der Waals surface area contributed by atoms with Crippen molar-refractivity contribution in [3.8, 4) is 11.8 Å². The molecule has 5 nitrogen and oxygen atoms in total. The molecule has 1 aliphatic heterocycles. The fourth-order valence-corrected chi connectivity index (χ4v) is 2.74. The summed E-state index contributed by atoms with van der Waals surface area (Å²) in [6.45, 7) is 8.43. The summed E-state index contributed by atoms with van der Waals surface area (Å²) in [5, 5.41) is 9.17. The zero-order chi connectivity index (χ0) is 18.9. The first-order valence-electron chi connectivity index (χ1n) is 8.35. The number of rotatable bonds is 4. The molecule has 7 heteroatoms. The van der Waals surface area contributed by atoms with Gasteiger partial charge in [0.05, 0.1) is 16.2 Å². The summed E-state index contributed by atoms with van der Waals surface area (Å²) >= 11 is 5.98. The average molecular weight is 371 g/mol. The Hall–Kier alpha value is -2.07. The van der Waals surface area contributed by atoms with Crippen LogP contribution in [0.15, 0.2) is 36.5 Å². The van der Waals surface area contributed by atoms with Gasteiger partial charge in [-0.05, 0) is 51.4 Å². The Bertz CT molecular complexity index is 831. The maximum atomic E-state index is 8.85. The number of aromatic nitrogens is 1. The third-order valence-electron chi connectivity index (χ3n) is 4.81. The van der Waals surface area contributed by atoms with E-state index in [-0.39, 0.29) is 16.9 Å². The summed E-state index contributed by atoms with van der Waals surface area (Å²) < 4.78 is 17.8. The molecule has 134 valence electrons. The van der Waals surface area contributed by atoms with Crippen LogP contribution in [0.1, 0.15) is 39.0 Å². The van der Waals surface area contributed by atoms with Crippen LogP contribution in [0.3, 0.4) is 0 Å². The van der Waals surface area contributed by atoms with Gasteiger partial charge in [0, 0.05) is 11.8 Å². The summed E-state index contributed by atoms with van der Waals surface area (Å²) in [7, 11) is -0.393. The molecular weight excluding hydrogens is 350 g/mol. The Morgan fingerprint density at radius 2 is 1.77 bits per heavy atom. The number of nitrogens with zero attached hydrogens (tertiary/aromatic N) is 2. The molecule has 0 N–H and O–H groups in total. The quantitative estimate of drug-likeness (QED) is 0.771. The van der Waals surface area contributed by atoms with E-state index in [4.69, 9.17) is 30.9 Å². The number of hydrogen-bond donors (Lipinski definition) is 0. The lowest BCUT2D eigenvalue weighted by Crippen LogP contribution is -2.41. The Morgan fingerprint density at radius 1 is 1.15 bits per heavy atom. The van der Waals surface area contributed by atoms with Crippen molar-refractivity contribution in [3.63, 3.8) is 0 Å². The van der Waals surface area contributed by atoms with E-state index in [0.29, 0.717) is 17.4 Å². The number of ether oxygens (including phenoxy) is 1. The third kappa shape index (κ3) is 3.71. The standard InChI is InChI=1S/C19H20BClN2O3/c1-18(2)19(3,4)26-20(25-18)14-5-7-15(8-6-14)24-12-13-9-16(21)17(10-22)23-11-13/h5-9,11H,12H2,1-4H3. The topological polar surface area (TPSA) is 64.4 Å². The van der Waals surface area contributed by atoms with E-state index >= 15 is 0 Å². The molecule has 0 atom stereocenters. The number of benzene rings is 1. The lowest BCUT2D eigenvalue weighted by molar-refractivity contribution is 0.00578. The van der Waals surface area contributed by atoms with E-state index in [2.05, 4.69) is 4.98 Å². The molecule has 2 heterocycles. The van der Waals surface area contributed by atoms with Gasteiger partial charge in [-0.2, -0.15) is 5.26 Å². The van der Waals surface area contributed by atoms with Crippen LogP contribution in [0.25, 0.3) is 0 Å². The Morgan fingerprint density at radius 3 is 2.31 bits per heavy atom. The molecule has 26 heavy (non-hydrogen) atoms. The van der Waals surface area contributed by atoms with Crippen LogP contribution in [0.4, 0.5) is 0 Å². The van der Waals surface area contributed by atoms with Gasteiger partial charge in [0.2, 0.25) is 0 Å². The molecule has 2 aromatic rings. The molecule has 3 rings (SSSR count). The molecule has 1 fully saturated rings. The molecular formula is C19H20BClN2O3. The lowest BCUT2D eigenvalue weighted by Gasteiger charge is -2.32.